The summed E-state index contributed by atoms with van der Waals surface area (Å²) in [4.78, 5) is 23.7. The van der Waals surface area contributed by atoms with Crippen molar-refractivity contribution in [2.45, 2.75) is 30.5 Å². The molecule has 8 nitrogen and oxygen atoms in total. The second-order valence-corrected chi connectivity index (χ2v) is 9.49. The number of carbonyl (C=O) groups is 2. The number of benzene rings is 1. The zero-order chi connectivity index (χ0) is 25.5. The molecule has 1 heterocycles. The fourth-order valence-corrected chi connectivity index (χ4v) is 2.75. The third-order valence-corrected chi connectivity index (χ3v) is 4.81. The minimum Gasteiger partial charge on any atom is -0.381 e. The van der Waals surface area contributed by atoms with Crippen LogP contribution in [0.3, 0.4) is 0 Å². The van der Waals surface area contributed by atoms with Crippen molar-refractivity contribution in [1.29, 1.82) is 0 Å². The van der Waals surface area contributed by atoms with Crippen molar-refractivity contribution in [3.8, 4) is 11.4 Å². The first kappa shape index (κ1) is 26.0. The van der Waals surface area contributed by atoms with Crippen molar-refractivity contribution in [1.82, 2.24) is 25.6 Å². The second-order valence-electron chi connectivity index (χ2n) is 7.08. The van der Waals surface area contributed by atoms with Gasteiger partial charge in [-0.15, -0.1) is 5.10 Å². The average molecular weight is 509 g/mol. The first-order valence-corrected chi connectivity index (χ1v) is 10.4. The Labute approximate surface area is 180 Å². The number of aliphatic hydroxyl groups is 1. The van der Waals surface area contributed by atoms with E-state index in [1.54, 1.807) is 0 Å². The highest BCUT2D eigenvalue weighted by Crippen LogP contribution is 3.02. The summed E-state index contributed by atoms with van der Waals surface area (Å²) in [5.41, 5.74) is -1.05. The molecule has 33 heavy (non-hydrogen) atoms. The van der Waals surface area contributed by atoms with E-state index in [0.717, 1.165) is 32.5 Å². The lowest BCUT2D eigenvalue weighted by atomic mass is 10.1. The highest BCUT2D eigenvalue weighted by Gasteiger charge is 2.66. The number of nitrogens with zero attached hydrogens (tertiary/aromatic N) is 3. The Morgan fingerprint density at radius 2 is 1.67 bits per heavy atom. The van der Waals surface area contributed by atoms with E-state index in [1.165, 1.54) is 0 Å². The zero-order valence-corrected chi connectivity index (χ0v) is 17.3. The van der Waals surface area contributed by atoms with Crippen LogP contribution in [0.4, 0.5) is 32.6 Å². The molecule has 0 aliphatic heterocycles. The number of halogens is 8. The maximum Gasteiger partial charge on any atom is 0.416 e. The first-order chi connectivity index (χ1) is 14.6. The number of nitrogens with one attached hydrogen (secondary N) is 2. The minimum atomic E-state index is -10.5. The van der Waals surface area contributed by atoms with Gasteiger partial charge in [0.25, 0.3) is 11.8 Å². The summed E-state index contributed by atoms with van der Waals surface area (Å²) in [7, 11) is -10.5. The fourth-order valence-electron chi connectivity index (χ4n) is 2.05. The van der Waals surface area contributed by atoms with E-state index >= 15 is 0 Å². The van der Waals surface area contributed by atoms with E-state index in [9.17, 15) is 47.3 Å². The van der Waals surface area contributed by atoms with Gasteiger partial charge in [0.15, 0.2) is 5.82 Å². The number of hydrogen-bond acceptors (Lipinski definition) is 5. The Morgan fingerprint density at radius 1 is 1.06 bits per heavy atom. The molecule has 184 valence electrons. The molecule has 0 aliphatic carbocycles. The van der Waals surface area contributed by atoms with Crippen LogP contribution in [-0.4, -0.2) is 37.3 Å². The number of alkyl halides is 3. The molecule has 2 amide bonds. The number of hydrogen-bond donors (Lipinski definition) is 3. The van der Waals surface area contributed by atoms with Crippen molar-refractivity contribution in [3.63, 3.8) is 0 Å². The Hall–Kier alpha value is -3.21. The molecule has 0 spiro atoms. The second kappa shape index (κ2) is 7.41. The highest BCUT2D eigenvalue weighted by atomic mass is 32.5. The molecule has 2 rings (SSSR count). The van der Waals surface area contributed by atoms with Gasteiger partial charge in [-0.05, 0) is 32.0 Å². The Balaban J connectivity index is 2.32. The fraction of sp³-hybridized carbons (Fsp3) is 0.250. The smallest absolute Gasteiger partial charge is 0.381 e. The van der Waals surface area contributed by atoms with Crippen LogP contribution in [0, 0.1) is 0 Å². The lowest BCUT2D eigenvalue weighted by molar-refractivity contribution is -0.139. The van der Waals surface area contributed by atoms with Crippen LogP contribution in [0.2, 0.25) is 0 Å². The summed E-state index contributed by atoms with van der Waals surface area (Å²) >= 11 is 0. The predicted molar refractivity (Wildman–Crippen MR) is 99.8 cm³/mol. The number of aromatic nitrogens is 3. The molecule has 0 bridgehead atoms. The molecule has 0 aliphatic rings. The predicted octanol–water partition coefficient (Wildman–Crippen LogP) is 4.01. The molecule has 2 aromatic rings. The molecule has 17 heteroatoms. The van der Waals surface area contributed by atoms with Gasteiger partial charge in [-0.2, -0.15) is 13.2 Å². The topological polar surface area (TPSA) is 109 Å². The number of hydrazine groups is 1. The lowest BCUT2D eigenvalue weighted by Gasteiger charge is -2.40. The van der Waals surface area contributed by atoms with Crippen LogP contribution >= 0.6 is 10.2 Å². The summed E-state index contributed by atoms with van der Waals surface area (Å²) in [5.74, 6) is -2.70. The molecule has 0 radical (unpaired) electrons. The molecule has 3 N–H and O–H groups in total. The van der Waals surface area contributed by atoms with E-state index in [2.05, 4.69) is 10.1 Å². The summed E-state index contributed by atoms with van der Waals surface area (Å²) in [6.45, 7) is 2.27. The van der Waals surface area contributed by atoms with Crippen molar-refractivity contribution in [3.05, 3.63) is 36.2 Å². The van der Waals surface area contributed by atoms with Gasteiger partial charge in [0.1, 0.15) is 16.8 Å². The first-order valence-electron chi connectivity index (χ1n) is 8.45. The van der Waals surface area contributed by atoms with Gasteiger partial charge < -0.3 is 5.11 Å². The normalized spacial score (nSPS) is 15.1. The van der Waals surface area contributed by atoms with Crippen LogP contribution in [0.15, 0.2) is 35.5 Å². The van der Waals surface area contributed by atoms with Gasteiger partial charge in [-0.3, -0.25) is 20.4 Å². The summed E-state index contributed by atoms with van der Waals surface area (Å²) in [6.07, 6.45) is -3.02. The summed E-state index contributed by atoms with van der Waals surface area (Å²) in [6, 6.07) is -0.747. The van der Waals surface area contributed by atoms with Gasteiger partial charge in [0, 0.05) is 17.8 Å². The molecule has 1 aromatic heterocycles. The van der Waals surface area contributed by atoms with E-state index in [-0.39, 0.29) is 12.1 Å². The van der Waals surface area contributed by atoms with Crippen molar-refractivity contribution < 1.29 is 47.3 Å². The summed E-state index contributed by atoms with van der Waals surface area (Å²) < 4.78 is 105. The van der Waals surface area contributed by atoms with E-state index in [1.807, 2.05) is 10.9 Å². The Morgan fingerprint density at radius 3 is 2.18 bits per heavy atom. The standard InChI is InChI=1S/C16H15F8N5O3S/c1-15(2,32)14(31)27-26-12(30)3-4-29-8-25-13(28-29)9-5-10(16(17,18)19)7-11(6-9)33(20,21,22,23)24/h3-8,32H,1-2H3,(H,26,30)(H,27,31)/b4-3-. The third-order valence-electron chi connectivity index (χ3n) is 3.68. The Kier molecular flexibility index (Phi) is 5.85. The lowest BCUT2D eigenvalue weighted by Crippen LogP contribution is -2.50. The van der Waals surface area contributed by atoms with Crippen molar-refractivity contribution in [2.75, 3.05) is 0 Å². The Bertz CT molecular complexity index is 1120. The minimum absolute atomic E-state index is 0.162. The molecule has 1 aromatic carbocycles. The van der Waals surface area contributed by atoms with Gasteiger partial charge in [-0.1, -0.05) is 19.4 Å². The third kappa shape index (κ3) is 7.14. The van der Waals surface area contributed by atoms with Gasteiger partial charge in [0.05, 0.1) is 5.56 Å². The summed E-state index contributed by atoms with van der Waals surface area (Å²) in [5, 5.41) is 12.9. The van der Waals surface area contributed by atoms with E-state index < -0.39 is 61.7 Å². The van der Waals surface area contributed by atoms with Crippen LogP contribution in [0.25, 0.3) is 17.6 Å². The number of carbonyl (C=O) groups excluding carboxylic acids is 2. The largest absolute Gasteiger partial charge is 0.416 e. The monoisotopic (exact) mass is 509 g/mol. The van der Waals surface area contributed by atoms with Crippen molar-refractivity contribution >= 4 is 28.2 Å². The molecule has 0 saturated heterocycles. The maximum atomic E-state index is 13.1. The average Bonchev–Trinajstić information content (AvgIpc) is 3.09. The molecule has 0 unspecified atom stereocenters. The zero-order valence-electron chi connectivity index (χ0n) is 16.5. The van der Waals surface area contributed by atoms with Crippen LogP contribution in [0.1, 0.15) is 19.4 Å². The maximum absolute atomic E-state index is 13.1. The van der Waals surface area contributed by atoms with Crippen LogP contribution in [0.5, 0.6) is 0 Å². The van der Waals surface area contributed by atoms with E-state index in [0.29, 0.717) is 4.68 Å². The molecule has 0 fully saturated rings. The highest BCUT2D eigenvalue weighted by molar-refractivity contribution is 8.45. The van der Waals surface area contributed by atoms with Crippen molar-refractivity contribution in [2.24, 2.45) is 0 Å². The van der Waals surface area contributed by atoms with Gasteiger partial charge >= 0.3 is 16.4 Å². The molecule has 0 saturated carbocycles. The molecular formula is C16H15F8N5O3S. The van der Waals surface area contributed by atoms with E-state index in [4.69, 9.17) is 0 Å². The SMILES string of the molecule is CC(C)(O)C(=O)NNC(=O)/C=C\n1cnc(-c2cc(C(F)(F)F)cc(S(F)(F)(F)(F)F)c2)n1. The number of amides is 2. The van der Waals surface area contributed by atoms with Crippen LogP contribution in [-0.2, 0) is 15.8 Å². The molecule has 0 atom stereocenters. The van der Waals surface area contributed by atoms with Crippen LogP contribution < -0.4 is 10.9 Å². The quantitative estimate of drug-likeness (QED) is 0.321. The van der Waals surface area contributed by atoms with Gasteiger partial charge in [-0.25, -0.2) is 9.67 Å². The number of rotatable bonds is 5. The van der Waals surface area contributed by atoms with Gasteiger partial charge in [0.2, 0.25) is 0 Å². The molecular weight excluding hydrogens is 494 g/mol.